The Kier molecular flexibility index (Phi) is 8.21. The summed E-state index contributed by atoms with van der Waals surface area (Å²) in [5.74, 6) is -0.0325. The van der Waals surface area contributed by atoms with Gasteiger partial charge in [0.2, 0.25) is 0 Å². The van der Waals surface area contributed by atoms with Gasteiger partial charge in [-0.3, -0.25) is 0 Å². The Morgan fingerprint density at radius 1 is 1.39 bits per heavy atom. The minimum absolute atomic E-state index is 0.0819. The van der Waals surface area contributed by atoms with Gasteiger partial charge in [-0.25, -0.2) is 9.78 Å². The van der Waals surface area contributed by atoms with E-state index >= 15 is 0 Å². The zero-order valence-electron chi connectivity index (χ0n) is 17.6. The molecule has 0 aliphatic rings. The molecule has 0 fully saturated rings. The topological polar surface area (TPSA) is 64.3 Å². The lowest BCUT2D eigenvalue weighted by Crippen LogP contribution is -2.39. The van der Waals surface area contributed by atoms with Gasteiger partial charge in [-0.15, -0.1) is 0 Å². The molecule has 7 heteroatoms. The van der Waals surface area contributed by atoms with Crippen LogP contribution in [0.4, 0.5) is 0 Å². The molecule has 0 aliphatic carbocycles. The molecule has 154 valence electrons. The van der Waals surface area contributed by atoms with Crippen LogP contribution in [-0.2, 0) is 22.4 Å². The van der Waals surface area contributed by atoms with Crippen molar-refractivity contribution in [2.45, 2.75) is 65.0 Å². The lowest BCUT2D eigenvalue weighted by atomic mass is 10.0. The van der Waals surface area contributed by atoms with Crippen LogP contribution < -0.4 is 0 Å². The summed E-state index contributed by atoms with van der Waals surface area (Å²) in [5, 5.41) is 13.6. The summed E-state index contributed by atoms with van der Waals surface area (Å²) in [6.45, 7) is 11.6. The molecule has 2 aromatic rings. The first-order valence-corrected chi connectivity index (χ1v) is 14.4. The SMILES string of the molecule is CCCCc1ncc(/C(=C/C(=O)O)Cc2ccsc2)n1C(OCC)[Si](C)(C)C. The minimum atomic E-state index is -1.75. The third-order valence-corrected chi connectivity index (χ3v) is 7.17. The van der Waals surface area contributed by atoms with E-state index in [1.54, 1.807) is 11.3 Å². The molecule has 0 spiro atoms. The van der Waals surface area contributed by atoms with Gasteiger partial charge in [-0.1, -0.05) is 33.0 Å². The molecule has 0 aromatic carbocycles. The van der Waals surface area contributed by atoms with E-state index in [1.165, 1.54) is 6.08 Å². The largest absolute Gasteiger partial charge is 0.478 e. The summed E-state index contributed by atoms with van der Waals surface area (Å²) < 4.78 is 8.40. The summed E-state index contributed by atoms with van der Waals surface area (Å²) in [7, 11) is -1.75. The summed E-state index contributed by atoms with van der Waals surface area (Å²) in [6, 6.07) is 2.04. The number of allylic oxidation sites excluding steroid dienone is 1. The number of carboxylic acid groups (broad SMARTS) is 1. The molecule has 1 N–H and O–H groups in total. The predicted molar refractivity (Wildman–Crippen MR) is 118 cm³/mol. The zero-order chi connectivity index (χ0) is 20.7. The van der Waals surface area contributed by atoms with Crippen molar-refractivity contribution in [1.29, 1.82) is 0 Å². The normalized spacial score (nSPS) is 13.7. The lowest BCUT2D eigenvalue weighted by Gasteiger charge is -2.33. The van der Waals surface area contributed by atoms with Gasteiger partial charge in [-0.05, 0) is 41.3 Å². The smallest absolute Gasteiger partial charge is 0.328 e. The maximum absolute atomic E-state index is 11.6. The van der Waals surface area contributed by atoms with E-state index in [0.29, 0.717) is 13.0 Å². The molecule has 1 atom stereocenters. The van der Waals surface area contributed by atoms with Crippen LogP contribution in [0.1, 0.15) is 49.6 Å². The Bertz CT molecular complexity index is 791. The van der Waals surface area contributed by atoms with E-state index in [2.05, 4.69) is 36.5 Å². The third kappa shape index (κ3) is 5.89. The quantitative estimate of drug-likeness (QED) is 0.390. The van der Waals surface area contributed by atoms with Gasteiger partial charge in [0.1, 0.15) is 19.7 Å². The monoisotopic (exact) mass is 420 g/mol. The highest BCUT2D eigenvalue weighted by Gasteiger charge is 2.33. The maximum atomic E-state index is 11.6. The van der Waals surface area contributed by atoms with Crippen LogP contribution in [0.15, 0.2) is 29.1 Å². The van der Waals surface area contributed by atoms with Gasteiger partial charge in [-0.2, -0.15) is 11.3 Å². The molecule has 1 unspecified atom stereocenters. The van der Waals surface area contributed by atoms with Crippen LogP contribution in [0.5, 0.6) is 0 Å². The number of rotatable bonds is 11. The number of imidazole rings is 1. The first kappa shape index (κ1) is 22.6. The number of carboxylic acids is 1. The number of nitrogens with zero attached hydrogens (tertiary/aromatic N) is 2. The van der Waals surface area contributed by atoms with Gasteiger partial charge in [0.25, 0.3) is 0 Å². The van der Waals surface area contributed by atoms with Crippen molar-refractivity contribution in [3.05, 3.63) is 46.2 Å². The van der Waals surface area contributed by atoms with Crippen LogP contribution in [0.25, 0.3) is 5.57 Å². The Hall–Kier alpha value is -1.70. The first-order valence-electron chi connectivity index (χ1n) is 9.90. The van der Waals surface area contributed by atoms with Gasteiger partial charge in [0, 0.05) is 25.5 Å². The standard InChI is InChI=1S/C21H32N2O3SSi/c1-6-8-9-19-22-14-18(23(19)21(26-7-2)28(3,4)5)17(13-20(24)25)12-16-10-11-27-15-16/h10-11,13-15,21H,6-9,12H2,1-5H3,(H,24,25)/b17-13+. The third-order valence-electron chi connectivity index (χ3n) is 4.53. The van der Waals surface area contributed by atoms with E-state index in [0.717, 1.165) is 41.9 Å². The Labute approximate surface area is 173 Å². The van der Waals surface area contributed by atoms with E-state index in [-0.39, 0.29) is 5.85 Å². The highest BCUT2D eigenvalue weighted by atomic mass is 32.1. The van der Waals surface area contributed by atoms with Crippen molar-refractivity contribution in [3.63, 3.8) is 0 Å². The number of aliphatic carboxylic acids is 1. The van der Waals surface area contributed by atoms with Gasteiger partial charge >= 0.3 is 5.97 Å². The molecule has 0 saturated carbocycles. The van der Waals surface area contributed by atoms with Crippen molar-refractivity contribution < 1.29 is 14.6 Å². The second-order valence-corrected chi connectivity index (χ2v) is 14.0. The van der Waals surface area contributed by atoms with Crippen molar-refractivity contribution in [3.8, 4) is 0 Å². The Morgan fingerprint density at radius 3 is 2.68 bits per heavy atom. The molecular formula is C21H32N2O3SSi. The van der Waals surface area contributed by atoms with Crippen LogP contribution in [0.2, 0.25) is 19.6 Å². The Balaban J connectivity index is 2.59. The second kappa shape index (κ2) is 10.2. The molecule has 0 saturated heterocycles. The van der Waals surface area contributed by atoms with Crippen LogP contribution >= 0.6 is 11.3 Å². The van der Waals surface area contributed by atoms with Crippen molar-refractivity contribution >= 4 is 31.0 Å². The second-order valence-electron chi connectivity index (χ2n) is 8.02. The summed E-state index contributed by atoms with van der Waals surface area (Å²) in [6.07, 6.45) is 6.72. The molecule has 0 amide bonds. The maximum Gasteiger partial charge on any atom is 0.328 e. The van der Waals surface area contributed by atoms with Crippen molar-refractivity contribution in [1.82, 2.24) is 9.55 Å². The summed E-state index contributed by atoms with van der Waals surface area (Å²) in [5.41, 5.74) is 2.74. The van der Waals surface area contributed by atoms with E-state index in [4.69, 9.17) is 9.72 Å². The molecule has 0 bridgehead atoms. The molecule has 2 heterocycles. The molecular weight excluding hydrogens is 388 g/mol. The number of aromatic nitrogens is 2. The fourth-order valence-corrected chi connectivity index (χ4v) is 5.66. The molecule has 28 heavy (non-hydrogen) atoms. The van der Waals surface area contributed by atoms with Crippen LogP contribution in [-0.4, -0.2) is 35.3 Å². The van der Waals surface area contributed by atoms with Crippen molar-refractivity contribution in [2.75, 3.05) is 6.61 Å². The number of aryl methyl sites for hydroxylation is 1. The average Bonchev–Trinajstić information content (AvgIpc) is 3.25. The fourth-order valence-electron chi connectivity index (χ4n) is 3.27. The highest BCUT2D eigenvalue weighted by molar-refractivity contribution is 7.07. The molecule has 0 aliphatic heterocycles. The number of carbonyl (C=O) groups is 1. The van der Waals surface area contributed by atoms with Crippen LogP contribution in [0.3, 0.4) is 0 Å². The van der Waals surface area contributed by atoms with E-state index in [9.17, 15) is 9.90 Å². The highest BCUT2D eigenvalue weighted by Crippen LogP contribution is 2.31. The summed E-state index contributed by atoms with van der Waals surface area (Å²) >= 11 is 1.62. The zero-order valence-corrected chi connectivity index (χ0v) is 19.4. The van der Waals surface area contributed by atoms with Gasteiger partial charge < -0.3 is 14.4 Å². The number of hydrogen-bond acceptors (Lipinski definition) is 4. The predicted octanol–water partition coefficient (Wildman–Crippen LogP) is 5.41. The number of unbranched alkanes of at least 4 members (excludes halogenated alkanes) is 1. The number of hydrogen-bond donors (Lipinski definition) is 1. The molecule has 5 nitrogen and oxygen atoms in total. The number of thiophene rings is 1. The summed E-state index contributed by atoms with van der Waals surface area (Å²) in [4.78, 5) is 16.3. The van der Waals surface area contributed by atoms with Crippen molar-refractivity contribution in [2.24, 2.45) is 0 Å². The van der Waals surface area contributed by atoms with Crippen LogP contribution in [0, 0.1) is 0 Å². The fraction of sp³-hybridized carbons (Fsp3) is 0.524. The van der Waals surface area contributed by atoms with E-state index < -0.39 is 14.0 Å². The van der Waals surface area contributed by atoms with E-state index in [1.807, 2.05) is 24.6 Å². The average molecular weight is 421 g/mol. The van der Waals surface area contributed by atoms with Gasteiger partial charge in [0.15, 0.2) is 0 Å². The first-order chi connectivity index (χ1) is 13.3. The Morgan fingerprint density at radius 2 is 2.14 bits per heavy atom. The lowest BCUT2D eigenvalue weighted by molar-refractivity contribution is -0.131. The minimum Gasteiger partial charge on any atom is -0.478 e. The molecule has 0 radical (unpaired) electrons. The molecule has 2 aromatic heterocycles. The number of ether oxygens (including phenoxy) is 1. The van der Waals surface area contributed by atoms with Gasteiger partial charge in [0.05, 0.1) is 11.9 Å². The molecule has 2 rings (SSSR count).